The first-order valence-corrected chi connectivity index (χ1v) is 6.24. The maximum atomic E-state index is 13.6. The average Bonchev–Trinajstić information content (AvgIpc) is 2.81. The summed E-state index contributed by atoms with van der Waals surface area (Å²) in [7, 11) is 0. The van der Waals surface area contributed by atoms with Gasteiger partial charge in [0.1, 0.15) is 11.6 Å². The van der Waals surface area contributed by atoms with Gasteiger partial charge in [-0.25, -0.2) is 8.78 Å². The molecule has 0 unspecified atom stereocenters. The first kappa shape index (κ1) is 14.4. The molecule has 2 rings (SSSR count). The second-order valence-corrected chi connectivity index (χ2v) is 4.74. The topological polar surface area (TPSA) is 63.0 Å². The Morgan fingerprint density at radius 2 is 1.95 bits per heavy atom. The Labute approximate surface area is 115 Å². The third kappa shape index (κ3) is 3.51. The van der Waals surface area contributed by atoms with Crippen LogP contribution in [0.5, 0.6) is 0 Å². The van der Waals surface area contributed by atoms with E-state index in [0.29, 0.717) is 12.4 Å². The molecule has 0 bridgehead atoms. The van der Waals surface area contributed by atoms with Gasteiger partial charge < -0.3 is 15.1 Å². The summed E-state index contributed by atoms with van der Waals surface area (Å²) in [5, 5.41) is 13.2. The lowest BCUT2D eigenvalue weighted by molar-refractivity contribution is 0.460. The molecular weight excluding hydrogens is 266 g/mol. The lowest BCUT2D eigenvalue weighted by atomic mass is 10.2. The van der Waals surface area contributed by atoms with Gasteiger partial charge in [0.15, 0.2) is 0 Å². The van der Waals surface area contributed by atoms with Crippen molar-refractivity contribution in [2.24, 2.45) is 0 Å². The van der Waals surface area contributed by atoms with Crippen LogP contribution in [0, 0.1) is 18.6 Å². The third-order valence-corrected chi connectivity index (χ3v) is 2.62. The maximum absolute atomic E-state index is 13.6. The van der Waals surface area contributed by atoms with Crippen LogP contribution in [0.4, 0.5) is 20.5 Å². The number of halogens is 2. The summed E-state index contributed by atoms with van der Waals surface area (Å²) < 4.78 is 32.3. The Kier molecular flexibility index (Phi) is 4.29. The van der Waals surface area contributed by atoms with E-state index in [4.69, 9.17) is 4.42 Å². The second-order valence-electron chi connectivity index (χ2n) is 4.74. The van der Waals surface area contributed by atoms with E-state index in [-0.39, 0.29) is 23.3 Å². The minimum absolute atomic E-state index is 0.0210. The number of hydrogen-bond acceptors (Lipinski definition) is 5. The molecule has 1 aromatic carbocycles. The van der Waals surface area contributed by atoms with Gasteiger partial charge in [-0.3, -0.25) is 0 Å². The van der Waals surface area contributed by atoms with E-state index in [2.05, 4.69) is 20.8 Å². The summed E-state index contributed by atoms with van der Waals surface area (Å²) in [6.07, 6.45) is 0. The molecule has 0 aliphatic rings. The van der Waals surface area contributed by atoms with E-state index < -0.39 is 11.6 Å². The fraction of sp³-hybridized carbons (Fsp3) is 0.385. The standard InChI is InChI=1S/C13H16F2N4O/c1-7(2)16-6-12-18-19-13(20-12)17-11-5-9(14)8(3)4-10(11)15/h4-5,7,16H,6H2,1-3H3,(H,17,19). The number of aromatic nitrogens is 2. The molecule has 0 aliphatic carbocycles. The zero-order valence-corrected chi connectivity index (χ0v) is 11.5. The van der Waals surface area contributed by atoms with E-state index in [1.165, 1.54) is 6.92 Å². The van der Waals surface area contributed by atoms with Crippen molar-refractivity contribution in [1.29, 1.82) is 0 Å². The van der Waals surface area contributed by atoms with Crippen LogP contribution in [-0.2, 0) is 6.54 Å². The first-order valence-electron chi connectivity index (χ1n) is 6.24. The number of hydrogen-bond donors (Lipinski definition) is 2. The smallest absolute Gasteiger partial charge is 0.320 e. The van der Waals surface area contributed by atoms with Crippen LogP contribution >= 0.6 is 0 Å². The Morgan fingerprint density at radius 3 is 2.65 bits per heavy atom. The van der Waals surface area contributed by atoms with Crippen LogP contribution in [0.2, 0.25) is 0 Å². The number of aryl methyl sites for hydroxylation is 1. The molecule has 5 nitrogen and oxygen atoms in total. The maximum Gasteiger partial charge on any atom is 0.320 e. The summed E-state index contributed by atoms with van der Waals surface area (Å²) in [5.74, 6) is -0.715. The summed E-state index contributed by atoms with van der Waals surface area (Å²) in [4.78, 5) is 0. The Bertz CT molecular complexity index is 598. The first-order chi connectivity index (χ1) is 9.45. The van der Waals surface area contributed by atoms with Crippen molar-refractivity contribution in [2.45, 2.75) is 33.4 Å². The minimum Gasteiger partial charge on any atom is -0.406 e. The van der Waals surface area contributed by atoms with Gasteiger partial charge in [0.25, 0.3) is 0 Å². The van der Waals surface area contributed by atoms with Gasteiger partial charge >= 0.3 is 6.01 Å². The number of anilines is 2. The van der Waals surface area contributed by atoms with E-state index in [1.807, 2.05) is 13.8 Å². The van der Waals surface area contributed by atoms with Gasteiger partial charge in [0, 0.05) is 12.1 Å². The van der Waals surface area contributed by atoms with Crippen molar-refractivity contribution in [3.8, 4) is 0 Å². The predicted molar refractivity (Wildman–Crippen MR) is 70.7 cm³/mol. The van der Waals surface area contributed by atoms with Crippen molar-refractivity contribution in [3.63, 3.8) is 0 Å². The van der Waals surface area contributed by atoms with Crippen molar-refractivity contribution in [1.82, 2.24) is 15.5 Å². The van der Waals surface area contributed by atoms with Gasteiger partial charge in [0.05, 0.1) is 12.2 Å². The number of nitrogens with one attached hydrogen (secondary N) is 2. The van der Waals surface area contributed by atoms with Crippen LogP contribution in [-0.4, -0.2) is 16.2 Å². The number of rotatable bonds is 5. The molecule has 1 aromatic heterocycles. The molecule has 0 spiro atoms. The number of benzene rings is 1. The highest BCUT2D eigenvalue weighted by Crippen LogP contribution is 2.22. The van der Waals surface area contributed by atoms with Crippen molar-refractivity contribution in [3.05, 3.63) is 35.2 Å². The van der Waals surface area contributed by atoms with E-state index in [0.717, 1.165) is 12.1 Å². The second kappa shape index (κ2) is 5.96. The molecule has 2 aromatic rings. The average molecular weight is 282 g/mol. The number of nitrogens with zero attached hydrogens (tertiary/aromatic N) is 2. The highest BCUT2D eigenvalue weighted by molar-refractivity contribution is 5.53. The molecule has 1 heterocycles. The molecular formula is C13H16F2N4O. The molecule has 2 N–H and O–H groups in total. The van der Waals surface area contributed by atoms with E-state index >= 15 is 0 Å². The van der Waals surface area contributed by atoms with Crippen LogP contribution in [0.15, 0.2) is 16.5 Å². The summed E-state index contributed by atoms with van der Waals surface area (Å²) >= 11 is 0. The van der Waals surface area contributed by atoms with Crippen molar-refractivity contribution < 1.29 is 13.2 Å². The van der Waals surface area contributed by atoms with E-state index in [1.54, 1.807) is 0 Å². The highest BCUT2D eigenvalue weighted by atomic mass is 19.1. The van der Waals surface area contributed by atoms with Gasteiger partial charge in [-0.15, -0.1) is 5.10 Å². The monoisotopic (exact) mass is 282 g/mol. The van der Waals surface area contributed by atoms with Crippen molar-refractivity contribution >= 4 is 11.7 Å². The SMILES string of the molecule is Cc1cc(F)c(Nc2nnc(CNC(C)C)o2)cc1F. The molecule has 108 valence electrons. The summed E-state index contributed by atoms with van der Waals surface area (Å²) in [6, 6.07) is 2.46. The quantitative estimate of drug-likeness (QED) is 0.883. The molecule has 20 heavy (non-hydrogen) atoms. The molecule has 0 saturated heterocycles. The molecule has 0 aliphatic heterocycles. The van der Waals surface area contributed by atoms with Crippen LogP contribution in [0.25, 0.3) is 0 Å². The van der Waals surface area contributed by atoms with Crippen LogP contribution in [0.1, 0.15) is 25.3 Å². The Morgan fingerprint density at radius 1 is 1.20 bits per heavy atom. The zero-order valence-electron chi connectivity index (χ0n) is 11.5. The van der Waals surface area contributed by atoms with Gasteiger partial charge in [-0.2, -0.15) is 0 Å². The molecule has 0 saturated carbocycles. The lowest BCUT2D eigenvalue weighted by Crippen LogP contribution is -2.21. The van der Waals surface area contributed by atoms with Crippen LogP contribution < -0.4 is 10.6 Å². The Hall–Kier alpha value is -2.02. The largest absolute Gasteiger partial charge is 0.406 e. The zero-order chi connectivity index (χ0) is 14.7. The molecule has 0 atom stereocenters. The van der Waals surface area contributed by atoms with Gasteiger partial charge in [0.2, 0.25) is 5.89 Å². The Balaban J connectivity index is 2.09. The molecule has 0 fully saturated rings. The molecule has 0 amide bonds. The predicted octanol–water partition coefficient (Wildman–Crippen LogP) is 2.90. The van der Waals surface area contributed by atoms with Gasteiger partial charge in [-0.05, 0) is 18.6 Å². The van der Waals surface area contributed by atoms with Gasteiger partial charge in [-0.1, -0.05) is 18.9 Å². The minimum atomic E-state index is -0.580. The summed E-state index contributed by atoms with van der Waals surface area (Å²) in [5.41, 5.74) is 0.195. The third-order valence-electron chi connectivity index (χ3n) is 2.62. The molecule has 7 heteroatoms. The van der Waals surface area contributed by atoms with Crippen LogP contribution in [0.3, 0.4) is 0 Å². The fourth-order valence-electron chi connectivity index (χ4n) is 1.52. The van der Waals surface area contributed by atoms with E-state index in [9.17, 15) is 8.78 Å². The van der Waals surface area contributed by atoms with Crippen molar-refractivity contribution in [2.75, 3.05) is 5.32 Å². The normalized spacial score (nSPS) is 11.1. The lowest BCUT2D eigenvalue weighted by Gasteiger charge is -2.05. The molecule has 0 radical (unpaired) electrons. The fourth-order valence-corrected chi connectivity index (χ4v) is 1.52. The highest BCUT2D eigenvalue weighted by Gasteiger charge is 2.11. The summed E-state index contributed by atoms with van der Waals surface area (Å²) in [6.45, 7) is 5.88.